The van der Waals surface area contributed by atoms with Crippen molar-refractivity contribution in [2.75, 3.05) is 26.3 Å². The van der Waals surface area contributed by atoms with Crippen molar-refractivity contribution in [2.45, 2.75) is 31.7 Å². The molecule has 0 aliphatic carbocycles. The van der Waals surface area contributed by atoms with E-state index in [0.29, 0.717) is 25.3 Å². The van der Waals surface area contributed by atoms with Gasteiger partial charge in [-0.05, 0) is 50.1 Å². The molecular weight excluding hydrogens is 400 g/mol. The monoisotopic (exact) mass is 430 g/mol. The summed E-state index contributed by atoms with van der Waals surface area (Å²) in [4.78, 5) is 12.5. The van der Waals surface area contributed by atoms with E-state index in [4.69, 9.17) is 4.74 Å². The fourth-order valence-electron chi connectivity index (χ4n) is 2.84. The molecule has 30 heavy (non-hydrogen) atoms. The van der Waals surface area contributed by atoms with Crippen LogP contribution in [0.2, 0.25) is 0 Å². The number of nitrogens with zero attached hydrogens (tertiary/aromatic N) is 1. The highest BCUT2D eigenvalue weighted by atomic mass is 32.2. The Bertz CT molecular complexity index is 923. The van der Waals surface area contributed by atoms with E-state index < -0.39 is 10.0 Å². The highest BCUT2D eigenvalue weighted by molar-refractivity contribution is 7.89. The van der Waals surface area contributed by atoms with Gasteiger partial charge in [0.1, 0.15) is 0 Å². The van der Waals surface area contributed by atoms with Gasteiger partial charge in [-0.1, -0.05) is 35.9 Å². The Balaban J connectivity index is 2.04. The van der Waals surface area contributed by atoms with Gasteiger partial charge in [0.15, 0.2) is 0 Å². The quantitative estimate of drug-likeness (QED) is 0.413. The molecule has 0 aliphatic heterocycles. The number of ether oxygens (including phenoxy) is 1. The Morgan fingerprint density at radius 2 is 1.80 bits per heavy atom. The number of nitrogens with one attached hydrogen (secondary N) is 1. The molecular formula is C23H30N2O4S. The molecule has 0 heterocycles. The number of hydrogen-bond donors (Lipinski definition) is 1. The molecule has 2 rings (SSSR count). The van der Waals surface area contributed by atoms with Gasteiger partial charge >= 0.3 is 0 Å². The maximum absolute atomic E-state index is 13.0. The van der Waals surface area contributed by atoms with Crippen LogP contribution in [0.3, 0.4) is 0 Å². The molecule has 0 aliphatic rings. The van der Waals surface area contributed by atoms with Gasteiger partial charge in [-0.25, -0.2) is 8.42 Å². The van der Waals surface area contributed by atoms with Crippen molar-refractivity contribution in [3.8, 4) is 0 Å². The van der Waals surface area contributed by atoms with Crippen LogP contribution in [-0.2, 0) is 21.3 Å². The molecule has 0 spiro atoms. The zero-order valence-corrected chi connectivity index (χ0v) is 18.5. The molecule has 6 nitrogen and oxygen atoms in total. The van der Waals surface area contributed by atoms with E-state index in [9.17, 15) is 13.2 Å². The lowest BCUT2D eigenvalue weighted by atomic mass is 10.1. The van der Waals surface area contributed by atoms with Crippen LogP contribution in [0.4, 0.5) is 0 Å². The largest absolute Gasteiger partial charge is 0.382 e. The van der Waals surface area contributed by atoms with Gasteiger partial charge in [-0.2, -0.15) is 4.31 Å². The molecule has 1 N–H and O–H groups in total. The van der Waals surface area contributed by atoms with E-state index >= 15 is 0 Å². The Morgan fingerprint density at radius 1 is 1.13 bits per heavy atom. The lowest BCUT2D eigenvalue weighted by Crippen LogP contribution is -2.31. The number of carbonyl (C=O) groups is 1. The van der Waals surface area contributed by atoms with Crippen LogP contribution in [-0.4, -0.2) is 44.9 Å². The Labute approximate surface area is 179 Å². The molecule has 2 aromatic carbocycles. The molecule has 2 aromatic rings. The minimum absolute atomic E-state index is 0.159. The van der Waals surface area contributed by atoms with Gasteiger partial charge in [-0.15, -0.1) is 6.58 Å². The topological polar surface area (TPSA) is 75.7 Å². The standard InChI is InChI=1S/C23H30N2O4S/c1-4-16-25(30(27,28)22-13-7-19(3)8-14-22)18-20-9-11-21(12-10-20)23(26)24-15-6-17-29-5-2/h4,7-14H,1,5-6,15-18H2,2-3H3,(H,24,26). The highest BCUT2D eigenvalue weighted by Gasteiger charge is 2.23. The number of hydrogen-bond acceptors (Lipinski definition) is 4. The van der Waals surface area contributed by atoms with E-state index in [1.165, 1.54) is 4.31 Å². The Kier molecular flexibility index (Phi) is 9.23. The number of sulfonamides is 1. The van der Waals surface area contributed by atoms with E-state index in [-0.39, 0.29) is 23.9 Å². The highest BCUT2D eigenvalue weighted by Crippen LogP contribution is 2.19. The average molecular weight is 431 g/mol. The third-order valence-corrected chi connectivity index (χ3v) is 6.35. The summed E-state index contributed by atoms with van der Waals surface area (Å²) in [5.74, 6) is -0.159. The van der Waals surface area contributed by atoms with Gasteiger partial charge < -0.3 is 10.1 Å². The van der Waals surface area contributed by atoms with Crippen molar-refractivity contribution in [2.24, 2.45) is 0 Å². The molecule has 1 amide bonds. The summed E-state index contributed by atoms with van der Waals surface area (Å²) in [6.07, 6.45) is 2.32. The second-order valence-corrected chi connectivity index (χ2v) is 8.84. The average Bonchev–Trinajstić information content (AvgIpc) is 2.74. The van der Waals surface area contributed by atoms with E-state index in [0.717, 1.165) is 17.5 Å². The van der Waals surface area contributed by atoms with E-state index in [1.807, 2.05) is 13.8 Å². The van der Waals surface area contributed by atoms with Crippen LogP contribution in [0, 0.1) is 6.92 Å². The molecule has 0 atom stereocenters. The lowest BCUT2D eigenvalue weighted by molar-refractivity contribution is 0.0944. The smallest absolute Gasteiger partial charge is 0.251 e. The summed E-state index contributed by atoms with van der Waals surface area (Å²) in [6, 6.07) is 13.7. The first-order valence-electron chi connectivity index (χ1n) is 10.0. The van der Waals surface area contributed by atoms with Crippen LogP contribution < -0.4 is 5.32 Å². The van der Waals surface area contributed by atoms with Gasteiger partial charge in [0.2, 0.25) is 10.0 Å². The fraction of sp³-hybridized carbons (Fsp3) is 0.348. The third kappa shape index (κ3) is 6.79. The molecule has 7 heteroatoms. The first-order valence-corrected chi connectivity index (χ1v) is 11.4. The van der Waals surface area contributed by atoms with Crippen LogP contribution in [0.1, 0.15) is 34.8 Å². The van der Waals surface area contributed by atoms with Gasteiger partial charge in [0.25, 0.3) is 5.91 Å². The first kappa shape index (κ1) is 23.8. The number of amides is 1. The molecule has 0 aromatic heterocycles. The van der Waals surface area contributed by atoms with Crippen LogP contribution in [0.25, 0.3) is 0 Å². The lowest BCUT2D eigenvalue weighted by Gasteiger charge is -2.21. The summed E-state index contributed by atoms with van der Waals surface area (Å²) in [5.41, 5.74) is 2.32. The predicted octanol–water partition coefficient (Wildman–Crippen LogP) is 3.53. The van der Waals surface area contributed by atoms with Crippen LogP contribution in [0.5, 0.6) is 0 Å². The van der Waals surface area contributed by atoms with Crippen molar-refractivity contribution in [1.29, 1.82) is 0 Å². The van der Waals surface area contributed by atoms with Crippen LogP contribution in [0.15, 0.2) is 66.1 Å². The summed E-state index contributed by atoms with van der Waals surface area (Å²) in [6.45, 7) is 9.73. The maximum atomic E-state index is 13.0. The molecule has 0 unspecified atom stereocenters. The first-order chi connectivity index (χ1) is 14.4. The van der Waals surface area contributed by atoms with Gasteiger partial charge in [-0.3, -0.25) is 4.79 Å². The van der Waals surface area contributed by atoms with E-state index in [2.05, 4.69) is 11.9 Å². The maximum Gasteiger partial charge on any atom is 0.251 e. The number of aryl methyl sites for hydroxylation is 1. The van der Waals surface area contributed by atoms with Crippen molar-refractivity contribution < 1.29 is 17.9 Å². The zero-order valence-electron chi connectivity index (χ0n) is 17.6. The number of benzene rings is 2. The number of rotatable bonds is 12. The van der Waals surface area contributed by atoms with Gasteiger partial charge in [0, 0.05) is 38.4 Å². The second-order valence-electron chi connectivity index (χ2n) is 6.90. The summed E-state index contributed by atoms with van der Waals surface area (Å²) >= 11 is 0. The third-order valence-electron chi connectivity index (χ3n) is 4.52. The normalized spacial score (nSPS) is 11.4. The Hall–Kier alpha value is -2.48. The molecule has 162 valence electrons. The SMILES string of the molecule is C=CCN(Cc1ccc(C(=O)NCCCOCC)cc1)S(=O)(=O)c1ccc(C)cc1. The summed E-state index contributed by atoms with van der Waals surface area (Å²) in [7, 11) is -3.65. The molecule has 0 radical (unpaired) electrons. The molecule has 0 fully saturated rings. The predicted molar refractivity (Wildman–Crippen MR) is 119 cm³/mol. The van der Waals surface area contributed by atoms with Crippen molar-refractivity contribution in [1.82, 2.24) is 9.62 Å². The van der Waals surface area contributed by atoms with Crippen molar-refractivity contribution >= 4 is 15.9 Å². The molecule has 0 bridgehead atoms. The minimum atomic E-state index is -3.65. The van der Waals surface area contributed by atoms with Gasteiger partial charge in [0.05, 0.1) is 4.90 Å². The second kappa shape index (κ2) is 11.6. The van der Waals surface area contributed by atoms with Crippen LogP contribution >= 0.6 is 0 Å². The fourth-order valence-corrected chi connectivity index (χ4v) is 4.24. The van der Waals surface area contributed by atoms with Crippen molar-refractivity contribution in [3.05, 3.63) is 77.9 Å². The van der Waals surface area contributed by atoms with Crippen molar-refractivity contribution in [3.63, 3.8) is 0 Å². The summed E-state index contributed by atoms with van der Waals surface area (Å²) in [5, 5.41) is 2.85. The number of carbonyl (C=O) groups excluding carboxylic acids is 1. The summed E-state index contributed by atoms with van der Waals surface area (Å²) < 4.78 is 32.6. The van der Waals surface area contributed by atoms with E-state index in [1.54, 1.807) is 54.6 Å². The minimum Gasteiger partial charge on any atom is -0.382 e. The Morgan fingerprint density at radius 3 is 2.40 bits per heavy atom. The zero-order chi connectivity index (χ0) is 22.0. The molecule has 0 saturated heterocycles. The molecule has 0 saturated carbocycles.